The molecule has 0 atom stereocenters. The van der Waals surface area contributed by atoms with E-state index in [0.717, 1.165) is 5.56 Å². The van der Waals surface area contributed by atoms with Crippen molar-refractivity contribution in [1.82, 2.24) is 5.32 Å². The standard InChI is InChI=1S/C15H14N4O/c16-9-11-4-6-12(7-5-11)10-18-15(20)19-14-3-1-2-13(17)8-14/h1-8H,10,17H2,(H2,18,19,20). The number of rotatable bonds is 3. The lowest BCUT2D eigenvalue weighted by Crippen LogP contribution is -2.28. The van der Waals surface area contributed by atoms with Gasteiger partial charge < -0.3 is 16.4 Å². The number of benzene rings is 2. The number of urea groups is 1. The summed E-state index contributed by atoms with van der Waals surface area (Å²) in [7, 11) is 0. The summed E-state index contributed by atoms with van der Waals surface area (Å²) in [5, 5.41) is 14.1. The minimum absolute atomic E-state index is 0.306. The molecule has 0 aliphatic heterocycles. The number of nitrogens with two attached hydrogens (primary N) is 1. The van der Waals surface area contributed by atoms with Crippen LogP contribution in [0.3, 0.4) is 0 Å². The summed E-state index contributed by atoms with van der Waals surface area (Å²) in [6.07, 6.45) is 0. The van der Waals surface area contributed by atoms with Gasteiger partial charge in [0.05, 0.1) is 11.6 Å². The highest BCUT2D eigenvalue weighted by Crippen LogP contribution is 2.11. The Labute approximate surface area is 117 Å². The fourth-order valence-corrected chi connectivity index (χ4v) is 1.67. The van der Waals surface area contributed by atoms with E-state index in [2.05, 4.69) is 10.6 Å². The molecule has 0 saturated heterocycles. The molecule has 0 aromatic heterocycles. The van der Waals surface area contributed by atoms with Crippen LogP contribution in [0.1, 0.15) is 11.1 Å². The molecule has 5 heteroatoms. The number of nitrogen functional groups attached to an aromatic ring is 1. The van der Waals surface area contributed by atoms with Gasteiger partial charge in [-0.15, -0.1) is 0 Å². The number of nitrogens with one attached hydrogen (secondary N) is 2. The van der Waals surface area contributed by atoms with Crippen molar-refractivity contribution in [2.75, 3.05) is 11.1 Å². The predicted molar refractivity (Wildman–Crippen MR) is 77.9 cm³/mol. The van der Waals surface area contributed by atoms with E-state index in [1.54, 1.807) is 48.5 Å². The maximum absolute atomic E-state index is 11.7. The van der Waals surface area contributed by atoms with Crippen LogP contribution in [-0.4, -0.2) is 6.03 Å². The minimum Gasteiger partial charge on any atom is -0.399 e. The molecule has 0 spiro atoms. The third kappa shape index (κ3) is 3.75. The topological polar surface area (TPSA) is 90.9 Å². The molecular formula is C15H14N4O. The quantitative estimate of drug-likeness (QED) is 0.745. The van der Waals surface area contributed by atoms with E-state index in [1.165, 1.54) is 0 Å². The van der Waals surface area contributed by atoms with E-state index in [9.17, 15) is 4.79 Å². The molecule has 0 saturated carbocycles. The highest BCUT2D eigenvalue weighted by molar-refractivity contribution is 5.89. The monoisotopic (exact) mass is 266 g/mol. The summed E-state index contributed by atoms with van der Waals surface area (Å²) in [6.45, 7) is 0.389. The van der Waals surface area contributed by atoms with Crippen LogP contribution < -0.4 is 16.4 Å². The third-order valence-corrected chi connectivity index (χ3v) is 2.68. The molecule has 0 fully saturated rings. The molecule has 2 aromatic carbocycles. The molecule has 100 valence electrons. The number of hydrogen-bond donors (Lipinski definition) is 3. The van der Waals surface area contributed by atoms with E-state index in [1.807, 2.05) is 6.07 Å². The molecule has 2 amide bonds. The van der Waals surface area contributed by atoms with Gasteiger partial charge in [-0.2, -0.15) is 5.26 Å². The van der Waals surface area contributed by atoms with Gasteiger partial charge in [0, 0.05) is 17.9 Å². The van der Waals surface area contributed by atoms with E-state index in [-0.39, 0.29) is 6.03 Å². The molecule has 2 rings (SSSR count). The first-order chi connectivity index (χ1) is 9.67. The first kappa shape index (κ1) is 13.4. The van der Waals surface area contributed by atoms with Crippen molar-refractivity contribution < 1.29 is 4.79 Å². The first-order valence-electron chi connectivity index (χ1n) is 6.07. The molecular weight excluding hydrogens is 252 g/mol. The molecule has 0 aliphatic rings. The second-order valence-corrected chi connectivity index (χ2v) is 4.24. The Balaban J connectivity index is 1.87. The van der Waals surface area contributed by atoms with Crippen LogP contribution in [0, 0.1) is 11.3 Å². The Hall–Kier alpha value is -3.00. The molecule has 0 bridgehead atoms. The third-order valence-electron chi connectivity index (χ3n) is 2.68. The molecule has 0 radical (unpaired) electrons. The number of nitriles is 1. The summed E-state index contributed by atoms with van der Waals surface area (Å²) in [4.78, 5) is 11.7. The summed E-state index contributed by atoms with van der Waals surface area (Å²) < 4.78 is 0. The Kier molecular flexibility index (Phi) is 4.20. The number of nitrogens with zero attached hydrogens (tertiary/aromatic N) is 1. The van der Waals surface area contributed by atoms with Crippen molar-refractivity contribution in [1.29, 1.82) is 5.26 Å². The lowest BCUT2D eigenvalue weighted by Gasteiger charge is -2.08. The van der Waals surface area contributed by atoms with Gasteiger partial charge in [0.25, 0.3) is 0 Å². The van der Waals surface area contributed by atoms with Crippen molar-refractivity contribution in [2.24, 2.45) is 0 Å². The Morgan fingerprint density at radius 1 is 1.20 bits per heavy atom. The van der Waals surface area contributed by atoms with Gasteiger partial charge in [0.2, 0.25) is 0 Å². The van der Waals surface area contributed by atoms with Gasteiger partial charge in [0.1, 0.15) is 0 Å². The van der Waals surface area contributed by atoms with Gasteiger partial charge in [-0.3, -0.25) is 0 Å². The SMILES string of the molecule is N#Cc1ccc(CNC(=O)Nc2cccc(N)c2)cc1. The molecule has 0 aliphatic carbocycles. The largest absolute Gasteiger partial charge is 0.399 e. The zero-order valence-electron chi connectivity index (χ0n) is 10.8. The highest BCUT2D eigenvalue weighted by Gasteiger charge is 2.02. The van der Waals surface area contributed by atoms with Gasteiger partial charge in [0.15, 0.2) is 0 Å². The van der Waals surface area contributed by atoms with Crippen molar-refractivity contribution in [2.45, 2.75) is 6.54 Å². The molecule has 20 heavy (non-hydrogen) atoms. The normalized spacial score (nSPS) is 9.55. The number of amides is 2. The Morgan fingerprint density at radius 2 is 1.95 bits per heavy atom. The number of carbonyl (C=O) groups is 1. The van der Waals surface area contributed by atoms with Gasteiger partial charge >= 0.3 is 6.03 Å². The van der Waals surface area contributed by atoms with Crippen molar-refractivity contribution in [3.05, 3.63) is 59.7 Å². The van der Waals surface area contributed by atoms with Crippen LogP contribution in [0.4, 0.5) is 16.2 Å². The molecule has 2 aromatic rings. The predicted octanol–water partition coefficient (Wildman–Crippen LogP) is 2.46. The first-order valence-corrected chi connectivity index (χ1v) is 6.07. The van der Waals surface area contributed by atoms with E-state index >= 15 is 0 Å². The zero-order chi connectivity index (χ0) is 14.4. The molecule has 0 unspecified atom stereocenters. The van der Waals surface area contributed by atoms with E-state index in [4.69, 9.17) is 11.0 Å². The van der Waals surface area contributed by atoms with Crippen molar-refractivity contribution in [3.8, 4) is 6.07 Å². The van der Waals surface area contributed by atoms with E-state index in [0.29, 0.717) is 23.5 Å². The average Bonchev–Trinajstić information content (AvgIpc) is 2.46. The zero-order valence-corrected chi connectivity index (χ0v) is 10.8. The number of anilines is 2. The number of carbonyl (C=O) groups excluding carboxylic acids is 1. The van der Waals surface area contributed by atoms with Crippen molar-refractivity contribution >= 4 is 17.4 Å². The molecule has 4 N–H and O–H groups in total. The maximum atomic E-state index is 11.7. The summed E-state index contributed by atoms with van der Waals surface area (Å²) in [5.74, 6) is 0. The lowest BCUT2D eigenvalue weighted by atomic mass is 10.1. The van der Waals surface area contributed by atoms with Gasteiger partial charge in [-0.05, 0) is 35.9 Å². The Bertz CT molecular complexity index is 644. The molecule has 0 heterocycles. The minimum atomic E-state index is -0.306. The summed E-state index contributed by atoms with van der Waals surface area (Å²) in [5.41, 5.74) is 8.38. The van der Waals surface area contributed by atoms with Crippen LogP contribution >= 0.6 is 0 Å². The fraction of sp³-hybridized carbons (Fsp3) is 0.0667. The van der Waals surface area contributed by atoms with Crippen LogP contribution in [0.15, 0.2) is 48.5 Å². The lowest BCUT2D eigenvalue weighted by molar-refractivity contribution is 0.251. The van der Waals surface area contributed by atoms with E-state index < -0.39 is 0 Å². The molecule has 5 nitrogen and oxygen atoms in total. The van der Waals surface area contributed by atoms with Gasteiger partial charge in [-0.25, -0.2) is 4.79 Å². The van der Waals surface area contributed by atoms with Crippen molar-refractivity contribution in [3.63, 3.8) is 0 Å². The second kappa shape index (κ2) is 6.25. The summed E-state index contributed by atoms with van der Waals surface area (Å²) in [6, 6.07) is 15.7. The second-order valence-electron chi connectivity index (χ2n) is 4.24. The van der Waals surface area contributed by atoms with Crippen LogP contribution in [0.2, 0.25) is 0 Å². The smallest absolute Gasteiger partial charge is 0.319 e. The highest BCUT2D eigenvalue weighted by atomic mass is 16.2. The fourth-order valence-electron chi connectivity index (χ4n) is 1.67. The number of hydrogen-bond acceptors (Lipinski definition) is 3. The summed E-state index contributed by atoms with van der Waals surface area (Å²) >= 11 is 0. The van der Waals surface area contributed by atoms with Crippen LogP contribution in [0.5, 0.6) is 0 Å². The Morgan fingerprint density at radius 3 is 2.60 bits per heavy atom. The average molecular weight is 266 g/mol. The van der Waals surface area contributed by atoms with Crippen LogP contribution in [0.25, 0.3) is 0 Å². The van der Waals surface area contributed by atoms with Gasteiger partial charge in [-0.1, -0.05) is 18.2 Å². The van der Waals surface area contributed by atoms with Crippen LogP contribution in [-0.2, 0) is 6.54 Å². The maximum Gasteiger partial charge on any atom is 0.319 e.